The topological polar surface area (TPSA) is 35.5 Å². The lowest BCUT2D eigenvalue weighted by molar-refractivity contribution is -0.133. The molecule has 1 aliphatic carbocycles. The van der Waals surface area contributed by atoms with E-state index in [9.17, 15) is 4.79 Å². The van der Waals surface area contributed by atoms with Gasteiger partial charge in [0.1, 0.15) is 17.1 Å². The van der Waals surface area contributed by atoms with Crippen LogP contribution in [0.15, 0.2) is 61.2 Å². The fourth-order valence-corrected chi connectivity index (χ4v) is 3.29. The lowest BCUT2D eigenvalue weighted by Crippen LogP contribution is -2.27. The molecule has 0 spiro atoms. The second-order valence-corrected chi connectivity index (χ2v) is 7.18. The van der Waals surface area contributed by atoms with Gasteiger partial charge in [-0.1, -0.05) is 49.1 Å². The van der Waals surface area contributed by atoms with Crippen LogP contribution in [0.2, 0.25) is 0 Å². The third-order valence-corrected chi connectivity index (χ3v) is 4.85. The molecule has 0 aliphatic heterocycles. The molecule has 1 aliphatic rings. The molecule has 0 amide bonds. The third-order valence-electron chi connectivity index (χ3n) is 4.85. The number of ether oxygens (including phenoxy) is 2. The first-order valence-electron chi connectivity index (χ1n) is 9.45. The summed E-state index contributed by atoms with van der Waals surface area (Å²) in [5.41, 5.74) is 2.00. The van der Waals surface area contributed by atoms with Crippen molar-refractivity contribution in [1.29, 1.82) is 0 Å². The first-order valence-corrected chi connectivity index (χ1v) is 9.45. The highest BCUT2D eigenvalue weighted by Gasteiger charge is 2.30. The van der Waals surface area contributed by atoms with Crippen LogP contribution in [-0.4, -0.2) is 11.6 Å². The van der Waals surface area contributed by atoms with Gasteiger partial charge in [0.05, 0.1) is 6.42 Å². The van der Waals surface area contributed by atoms with E-state index in [-0.39, 0.29) is 18.0 Å². The average molecular weight is 362 g/mol. The van der Waals surface area contributed by atoms with E-state index < -0.39 is 0 Å². The van der Waals surface area contributed by atoms with Gasteiger partial charge in [0.25, 0.3) is 0 Å². The van der Waals surface area contributed by atoms with Gasteiger partial charge in [0, 0.05) is 0 Å². The molecule has 0 bridgehead atoms. The van der Waals surface area contributed by atoms with Crippen molar-refractivity contribution in [3.8, 4) is 11.5 Å². The van der Waals surface area contributed by atoms with E-state index in [0.29, 0.717) is 5.75 Å². The van der Waals surface area contributed by atoms with Crippen molar-refractivity contribution in [2.24, 2.45) is 0 Å². The zero-order chi connectivity index (χ0) is 19.1. The summed E-state index contributed by atoms with van der Waals surface area (Å²) in [6.45, 7) is 5.89. The van der Waals surface area contributed by atoms with Gasteiger partial charge in [0.2, 0.25) is 0 Å². The minimum absolute atomic E-state index is 0.0228. The zero-order valence-corrected chi connectivity index (χ0v) is 15.8. The second-order valence-electron chi connectivity index (χ2n) is 7.18. The van der Waals surface area contributed by atoms with Crippen molar-refractivity contribution in [1.82, 2.24) is 0 Å². The Labute approximate surface area is 161 Å². The summed E-state index contributed by atoms with van der Waals surface area (Å²) in [6.07, 6.45) is 10.4. The minimum atomic E-state index is -0.285. The van der Waals surface area contributed by atoms with Crippen LogP contribution in [0.4, 0.5) is 0 Å². The van der Waals surface area contributed by atoms with Crippen molar-refractivity contribution in [2.45, 2.75) is 44.6 Å². The molecule has 0 unspecified atom stereocenters. The van der Waals surface area contributed by atoms with E-state index in [1.165, 1.54) is 12.8 Å². The van der Waals surface area contributed by atoms with E-state index in [2.05, 4.69) is 13.5 Å². The third kappa shape index (κ3) is 5.58. The van der Waals surface area contributed by atoms with Crippen LogP contribution in [0, 0.1) is 0 Å². The first kappa shape index (κ1) is 19.0. The number of esters is 1. The first-order chi connectivity index (χ1) is 13.1. The molecule has 1 fully saturated rings. The van der Waals surface area contributed by atoms with E-state index in [1.807, 2.05) is 48.6 Å². The molecule has 1 saturated carbocycles. The van der Waals surface area contributed by atoms with Crippen LogP contribution in [-0.2, 0) is 4.79 Å². The van der Waals surface area contributed by atoms with Crippen LogP contribution in [0.1, 0.15) is 50.2 Å². The van der Waals surface area contributed by atoms with Gasteiger partial charge >= 0.3 is 5.97 Å². The summed E-state index contributed by atoms with van der Waals surface area (Å²) in [4.78, 5) is 11.9. The number of hydrogen-bond donors (Lipinski definition) is 0. The van der Waals surface area contributed by atoms with E-state index >= 15 is 0 Å². The fourth-order valence-electron chi connectivity index (χ4n) is 3.29. The average Bonchev–Trinajstić information content (AvgIpc) is 3.10. The van der Waals surface area contributed by atoms with Gasteiger partial charge in [-0.3, -0.25) is 4.79 Å². The Hall–Kier alpha value is -2.81. The van der Waals surface area contributed by atoms with Crippen molar-refractivity contribution in [3.63, 3.8) is 0 Å². The van der Waals surface area contributed by atoms with Gasteiger partial charge in [-0.15, -0.1) is 0 Å². The minimum Gasteiger partial charge on any atom is -0.488 e. The van der Waals surface area contributed by atoms with Crippen molar-refractivity contribution in [3.05, 3.63) is 72.3 Å². The highest BCUT2D eigenvalue weighted by Crippen LogP contribution is 2.34. The zero-order valence-electron chi connectivity index (χ0n) is 15.8. The Bertz CT molecular complexity index is 795. The molecular weight excluding hydrogens is 336 g/mol. The van der Waals surface area contributed by atoms with Crippen molar-refractivity contribution >= 4 is 18.1 Å². The Kier molecular flexibility index (Phi) is 6.12. The number of benzene rings is 2. The summed E-state index contributed by atoms with van der Waals surface area (Å²) < 4.78 is 11.5. The normalized spacial score (nSPS) is 15.6. The van der Waals surface area contributed by atoms with Gasteiger partial charge in [-0.05, 0) is 68.0 Å². The summed E-state index contributed by atoms with van der Waals surface area (Å²) in [5, 5.41) is 0. The predicted octanol–water partition coefficient (Wildman–Crippen LogP) is 6.05. The van der Waals surface area contributed by atoms with Crippen molar-refractivity contribution in [2.75, 3.05) is 0 Å². The molecule has 27 heavy (non-hydrogen) atoms. The number of rotatable bonds is 7. The second kappa shape index (κ2) is 8.72. The van der Waals surface area contributed by atoms with Gasteiger partial charge < -0.3 is 9.47 Å². The summed E-state index contributed by atoms with van der Waals surface area (Å²) in [5.74, 6) is 1.16. The van der Waals surface area contributed by atoms with Crippen LogP contribution < -0.4 is 9.47 Å². The summed E-state index contributed by atoms with van der Waals surface area (Å²) in [6, 6.07) is 15.2. The maximum atomic E-state index is 11.9. The SMILES string of the molecule is C=Cc1ccc(OC(=O)C/C=C/c2ccc(OC3(C)CCCC3)cc2)cc1. The molecule has 0 heterocycles. The van der Waals surface area contributed by atoms with Gasteiger partial charge in [-0.2, -0.15) is 0 Å². The largest absolute Gasteiger partial charge is 0.488 e. The Balaban J connectivity index is 1.48. The van der Waals surface area contributed by atoms with Crippen LogP contribution in [0.3, 0.4) is 0 Å². The van der Waals surface area contributed by atoms with Gasteiger partial charge in [-0.25, -0.2) is 0 Å². The molecule has 3 heteroatoms. The molecule has 0 radical (unpaired) electrons. The molecule has 0 N–H and O–H groups in total. The molecular formula is C24H26O3. The Morgan fingerprint density at radius 1 is 1.00 bits per heavy atom. The van der Waals surface area contributed by atoms with E-state index in [0.717, 1.165) is 29.7 Å². The van der Waals surface area contributed by atoms with Crippen LogP contribution >= 0.6 is 0 Å². The highest BCUT2D eigenvalue weighted by atomic mass is 16.5. The molecule has 2 aromatic rings. The maximum absolute atomic E-state index is 11.9. The monoisotopic (exact) mass is 362 g/mol. The van der Waals surface area contributed by atoms with E-state index in [4.69, 9.17) is 9.47 Å². The molecule has 3 rings (SSSR count). The Morgan fingerprint density at radius 2 is 1.59 bits per heavy atom. The van der Waals surface area contributed by atoms with E-state index in [1.54, 1.807) is 18.2 Å². The molecule has 2 aromatic carbocycles. The quantitative estimate of drug-likeness (QED) is 0.444. The standard InChI is InChI=1S/C24H26O3/c1-3-19-9-13-21(14-10-19)26-23(25)8-6-7-20-11-15-22(16-12-20)27-24(2)17-4-5-18-24/h3,6-7,9-16H,1,4-5,8,17-18H2,2H3/b7-6+. The lowest BCUT2D eigenvalue weighted by atomic mass is 10.1. The smallest absolute Gasteiger partial charge is 0.315 e. The number of hydrogen-bond acceptors (Lipinski definition) is 3. The molecule has 0 atom stereocenters. The fraction of sp³-hybridized carbons (Fsp3) is 0.292. The van der Waals surface area contributed by atoms with Crippen LogP contribution in [0.5, 0.6) is 11.5 Å². The summed E-state index contributed by atoms with van der Waals surface area (Å²) in [7, 11) is 0. The Morgan fingerprint density at radius 3 is 2.22 bits per heavy atom. The predicted molar refractivity (Wildman–Crippen MR) is 110 cm³/mol. The number of carbonyl (C=O) groups excluding carboxylic acids is 1. The molecule has 0 aromatic heterocycles. The van der Waals surface area contributed by atoms with Crippen LogP contribution in [0.25, 0.3) is 12.2 Å². The molecule has 3 nitrogen and oxygen atoms in total. The molecule has 0 saturated heterocycles. The van der Waals surface area contributed by atoms with Gasteiger partial charge in [0.15, 0.2) is 0 Å². The van der Waals surface area contributed by atoms with Crippen molar-refractivity contribution < 1.29 is 14.3 Å². The lowest BCUT2D eigenvalue weighted by Gasteiger charge is -2.25. The maximum Gasteiger partial charge on any atom is 0.315 e. The molecule has 140 valence electrons. The highest BCUT2D eigenvalue weighted by molar-refractivity contribution is 5.75. The number of carbonyl (C=O) groups is 1. The summed E-state index contributed by atoms with van der Waals surface area (Å²) >= 11 is 0.